The summed E-state index contributed by atoms with van der Waals surface area (Å²) in [4.78, 5) is 22.8. The zero-order chi connectivity index (χ0) is 19.8. The average molecular weight is 413 g/mol. The number of carbonyl (C=O) groups is 1. The number of nitrogens with zero attached hydrogens (tertiary/aromatic N) is 2. The van der Waals surface area contributed by atoms with E-state index in [0.29, 0.717) is 18.1 Å². The van der Waals surface area contributed by atoms with E-state index >= 15 is 0 Å². The molecule has 1 atom stereocenters. The van der Waals surface area contributed by atoms with Gasteiger partial charge in [-0.25, -0.2) is 4.98 Å². The van der Waals surface area contributed by atoms with Gasteiger partial charge >= 0.3 is 0 Å². The van der Waals surface area contributed by atoms with E-state index in [1.54, 1.807) is 0 Å². The van der Waals surface area contributed by atoms with Crippen molar-refractivity contribution in [1.29, 1.82) is 0 Å². The number of benzene rings is 2. The number of carbonyl (C=O) groups excluding carboxylic acids is 1. The fraction of sp³-hybridized carbons (Fsp3) is 0.333. The van der Waals surface area contributed by atoms with Crippen molar-refractivity contribution in [2.75, 3.05) is 19.9 Å². The number of hydrogen-bond donors (Lipinski definition) is 2. The highest BCUT2D eigenvalue weighted by Gasteiger charge is 2.30. The lowest BCUT2D eigenvalue weighted by atomic mass is 10.2. The Labute approximate surface area is 173 Å². The molecular weight excluding hydrogens is 392 g/mol. The standard InChI is InChI=1S/C21H21ClN4O3/c22-14-4-5-15-16(9-14)25-21(24-15)17-2-1-7-26(17)11-20(27)23-10-13-3-6-18-19(8-13)29-12-28-18/h3-6,8-9,17H,1-2,7,10-12H2,(H,23,27)(H,24,25)/t17-/m0/s1. The van der Waals surface area contributed by atoms with Crippen molar-refractivity contribution in [2.45, 2.75) is 25.4 Å². The van der Waals surface area contributed by atoms with Crippen LogP contribution in [0.4, 0.5) is 0 Å². The SMILES string of the molecule is O=C(CN1CCC[C@H]1c1nc2ccc(Cl)cc2[nH]1)NCc1ccc2c(c1)OCO2. The van der Waals surface area contributed by atoms with E-state index in [2.05, 4.69) is 15.2 Å². The van der Waals surface area contributed by atoms with Gasteiger partial charge in [-0.1, -0.05) is 17.7 Å². The molecule has 0 spiro atoms. The van der Waals surface area contributed by atoms with Gasteiger partial charge in [0.05, 0.1) is 23.6 Å². The van der Waals surface area contributed by atoms with Crippen molar-refractivity contribution >= 4 is 28.5 Å². The molecule has 1 saturated heterocycles. The van der Waals surface area contributed by atoms with Crippen molar-refractivity contribution in [3.63, 3.8) is 0 Å². The minimum absolute atomic E-state index is 0.00581. The Morgan fingerprint density at radius 3 is 3.07 bits per heavy atom. The molecule has 0 unspecified atom stereocenters. The largest absolute Gasteiger partial charge is 0.454 e. The maximum absolute atomic E-state index is 12.5. The summed E-state index contributed by atoms with van der Waals surface area (Å²) in [7, 11) is 0. The second kappa shape index (κ2) is 7.57. The highest BCUT2D eigenvalue weighted by molar-refractivity contribution is 6.31. The van der Waals surface area contributed by atoms with E-state index in [1.807, 2.05) is 36.4 Å². The molecule has 7 nitrogen and oxygen atoms in total. The van der Waals surface area contributed by atoms with Gasteiger partial charge < -0.3 is 19.8 Å². The number of rotatable bonds is 5. The van der Waals surface area contributed by atoms with Crippen LogP contribution in [0.25, 0.3) is 11.0 Å². The molecular formula is C21H21ClN4O3. The first-order chi connectivity index (χ1) is 14.2. The van der Waals surface area contributed by atoms with Crippen molar-refractivity contribution in [3.05, 3.63) is 52.8 Å². The number of likely N-dealkylation sites (tertiary alicyclic amines) is 1. The third kappa shape index (κ3) is 3.75. The molecule has 0 radical (unpaired) electrons. The molecule has 1 aromatic heterocycles. The zero-order valence-electron chi connectivity index (χ0n) is 15.8. The summed E-state index contributed by atoms with van der Waals surface area (Å²) in [5, 5.41) is 3.68. The van der Waals surface area contributed by atoms with Crippen LogP contribution >= 0.6 is 11.6 Å². The predicted molar refractivity (Wildman–Crippen MR) is 109 cm³/mol. The Balaban J connectivity index is 1.22. The van der Waals surface area contributed by atoms with E-state index in [-0.39, 0.29) is 18.7 Å². The first kappa shape index (κ1) is 18.3. The average Bonchev–Trinajstić information content (AvgIpc) is 3.44. The molecule has 2 aromatic carbocycles. The highest BCUT2D eigenvalue weighted by atomic mass is 35.5. The summed E-state index contributed by atoms with van der Waals surface area (Å²) in [6.07, 6.45) is 2.01. The van der Waals surface area contributed by atoms with Gasteiger partial charge in [0.2, 0.25) is 12.7 Å². The quantitative estimate of drug-likeness (QED) is 0.671. The summed E-state index contributed by atoms with van der Waals surface area (Å²) in [5.74, 6) is 2.35. The number of fused-ring (bicyclic) bond motifs is 2. The van der Waals surface area contributed by atoms with Crippen molar-refractivity contribution in [1.82, 2.24) is 20.2 Å². The van der Waals surface area contributed by atoms with Crippen LogP contribution in [0.1, 0.15) is 30.3 Å². The van der Waals surface area contributed by atoms with Crippen LogP contribution in [0.3, 0.4) is 0 Å². The molecule has 5 rings (SSSR count). The van der Waals surface area contributed by atoms with Crippen molar-refractivity contribution in [3.8, 4) is 11.5 Å². The molecule has 8 heteroatoms. The van der Waals surface area contributed by atoms with E-state index < -0.39 is 0 Å². The van der Waals surface area contributed by atoms with Gasteiger partial charge in [0.15, 0.2) is 11.5 Å². The molecule has 2 aliphatic heterocycles. The second-order valence-corrected chi connectivity index (χ2v) is 7.81. The van der Waals surface area contributed by atoms with Crippen LogP contribution in [-0.2, 0) is 11.3 Å². The maximum atomic E-state index is 12.5. The lowest BCUT2D eigenvalue weighted by Gasteiger charge is -2.22. The monoisotopic (exact) mass is 412 g/mol. The molecule has 2 N–H and O–H groups in total. The predicted octanol–water partition coefficient (Wildman–Crippen LogP) is 3.40. The number of aromatic nitrogens is 2. The van der Waals surface area contributed by atoms with Crippen LogP contribution in [-0.4, -0.2) is 40.7 Å². The van der Waals surface area contributed by atoms with E-state index in [9.17, 15) is 4.79 Å². The molecule has 0 saturated carbocycles. The summed E-state index contributed by atoms with van der Waals surface area (Å²) in [6, 6.07) is 11.4. The first-order valence-electron chi connectivity index (χ1n) is 9.70. The number of H-pyrrole nitrogens is 1. The second-order valence-electron chi connectivity index (χ2n) is 7.38. The van der Waals surface area contributed by atoms with Crippen LogP contribution in [0.2, 0.25) is 5.02 Å². The Morgan fingerprint density at radius 1 is 1.24 bits per heavy atom. The van der Waals surface area contributed by atoms with E-state index in [4.69, 9.17) is 26.1 Å². The minimum Gasteiger partial charge on any atom is -0.454 e. The molecule has 3 heterocycles. The van der Waals surface area contributed by atoms with E-state index in [1.165, 1.54) is 0 Å². The van der Waals surface area contributed by atoms with Crippen LogP contribution in [0.5, 0.6) is 11.5 Å². The number of aromatic amines is 1. The Hall–Kier alpha value is -2.77. The Morgan fingerprint density at radius 2 is 2.14 bits per heavy atom. The molecule has 0 bridgehead atoms. The van der Waals surface area contributed by atoms with Crippen molar-refractivity contribution in [2.24, 2.45) is 0 Å². The third-order valence-corrected chi connectivity index (χ3v) is 5.65. The summed E-state index contributed by atoms with van der Waals surface area (Å²) in [6.45, 7) is 1.92. The lowest BCUT2D eigenvalue weighted by molar-refractivity contribution is -0.122. The number of halogens is 1. The number of nitrogens with one attached hydrogen (secondary N) is 2. The number of imidazole rings is 1. The first-order valence-corrected chi connectivity index (χ1v) is 10.1. The van der Waals surface area contributed by atoms with Gasteiger partial charge in [0.1, 0.15) is 5.82 Å². The van der Waals surface area contributed by atoms with Crippen LogP contribution < -0.4 is 14.8 Å². The topological polar surface area (TPSA) is 79.5 Å². The minimum atomic E-state index is -0.00581. The lowest BCUT2D eigenvalue weighted by Crippen LogP contribution is -2.36. The molecule has 2 aliphatic rings. The molecule has 150 valence electrons. The molecule has 1 amide bonds. The maximum Gasteiger partial charge on any atom is 0.234 e. The van der Waals surface area contributed by atoms with Gasteiger partial charge in [-0.15, -0.1) is 0 Å². The van der Waals surface area contributed by atoms with Gasteiger partial charge in [0, 0.05) is 11.6 Å². The van der Waals surface area contributed by atoms with Crippen LogP contribution in [0.15, 0.2) is 36.4 Å². The normalized spacial score (nSPS) is 18.4. The summed E-state index contributed by atoms with van der Waals surface area (Å²) in [5.41, 5.74) is 2.80. The fourth-order valence-electron chi connectivity index (χ4n) is 3.98. The van der Waals surface area contributed by atoms with Gasteiger partial charge in [-0.2, -0.15) is 0 Å². The smallest absolute Gasteiger partial charge is 0.234 e. The van der Waals surface area contributed by atoms with Crippen LogP contribution in [0, 0.1) is 0 Å². The summed E-state index contributed by atoms with van der Waals surface area (Å²) < 4.78 is 10.7. The number of ether oxygens (including phenoxy) is 2. The van der Waals surface area contributed by atoms with Gasteiger partial charge in [-0.05, 0) is 55.3 Å². The Kier molecular flexibility index (Phi) is 4.77. The van der Waals surface area contributed by atoms with Gasteiger partial charge in [-0.3, -0.25) is 9.69 Å². The molecule has 29 heavy (non-hydrogen) atoms. The molecule has 0 aliphatic carbocycles. The molecule has 3 aromatic rings. The third-order valence-electron chi connectivity index (χ3n) is 5.41. The number of hydrogen-bond acceptors (Lipinski definition) is 5. The number of amides is 1. The van der Waals surface area contributed by atoms with Gasteiger partial charge in [0.25, 0.3) is 0 Å². The zero-order valence-corrected chi connectivity index (χ0v) is 16.5. The van der Waals surface area contributed by atoms with Crippen molar-refractivity contribution < 1.29 is 14.3 Å². The molecule has 1 fully saturated rings. The fourth-order valence-corrected chi connectivity index (χ4v) is 4.15. The van der Waals surface area contributed by atoms with E-state index in [0.717, 1.165) is 53.3 Å². The summed E-state index contributed by atoms with van der Waals surface area (Å²) >= 11 is 6.08. The highest BCUT2D eigenvalue weighted by Crippen LogP contribution is 2.33. The Bertz CT molecular complexity index is 1070.